The van der Waals surface area contributed by atoms with E-state index in [0.717, 1.165) is 57.2 Å². The van der Waals surface area contributed by atoms with Crippen LogP contribution in [0.3, 0.4) is 0 Å². The number of anilines is 1. The summed E-state index contributed by atoms with van der Waals surface area (Å²) >= 11 is 6.12. The van der Waals surface area contributed by atoms with Gasteiger partial charge in [-0.1, -0.05) is 29.8 Å². The molecular formula is C23H28ClN3O2. The third kappa shape index (κ3) is 5.50. The van der Waals surface area contributed by atoms with Gasteiger partial charge in [0.25, 0.3) is 5.91 Å². The molecule has 6 heteroatoms. The van der Waals surface area contributed by atoms with E-state index in [2.05, 4.69) is 33.3 Å². The van der Waals surface area contributed by atoms with Gasteiger partial charge in [-0.05, 0) is 48.7 Å². The minimum atomic E-state index is -0.0258. The lowest BCUT2D eigenvalue weighted by Crippen LogP contribution is -2.45. The second-order valence-corrected chi connectivity index (χ2v) is 8.22. The van der Waals surface area contributed by atoms with Gasteiger partial charge in [0.2, 0.25) is 0 Å². The largest absolute Gasteiger partial charge is 0.376 e. The van der Waals surface area contributed by atoms with Gasteiger partial charge in [-0.2, -0.15) is 0 Å². The van der Waals surface area contributed by atoms with E-state index in [4.69, 9.17) is 16.3 Å². The molecule has 1 atom stereocenters. The van der Waals surface area contributed by atoms with Crippen LogP contribution in [0.5, 0.6) is 0 Å². The molecule has 0 aliphatic carbocycles. The number of benzene rings is 2. The Morgan fingerprint density at radius 2 is 1.90 bits per heavy atom. The smallest absolute Gasteiger partial charge is 0.251 e. The van der Waals surface area contributed by atoms with Crippen molar-refractivity contribution in [3.63, 3.8) is 0 Å². The maximum atomic E-state index is 12.3. The van der Waals surface area contributed by atoms with Crippen molar-refractivity contribution in [3.05, 3.63) is 64.7 Å². The number of carbonyl (C=O) groups is 1. The third-order valence-electron chi connectivity index (χ3n) is 5.68. The fraction of sp³-hybridized carbons (Fsp3) is 0.435. The van der Waals surface area contributed by atoms with Crippen LogP contribution in [-0.2, 0) is 11.3 Å². The predicted molar refractivity (Wildman–Crippen MR) is 117 cm³/mol. The molecule has 0 aromatic heterocycles. The quantitative estimate of drug-likeness (QED) is 0.786. The van der Waals surface area contributed by atoms with Gasteiger partial charge in [0.1, 0.15) is 0 Å². The lowest BCUT2D eigenvalue weighted by Gasteiger charge is -2.36. The van der Waals surface area contributed by atoms with Crippen molar-refractivity contribution in [2.75, 3.05) is 44.2 Å². The monoisotopic (exact) mass is 413 g/mol. The van der Waals surface area contributed by atoms with Crippen molar-refractivity contribution in [1.29, 1.82) is 0 Å². The molecule has 1 N–H and O–H groups in total. The Balaban J connectivity index is 1.24. The van der Waals surface area contributed by atoms with E-state index in [1.807, 2.05) is 30.3 Å². The molecule has 2 aromatic rings. The normalized spacial score (nSPS) is 20.0. The van der Waals surface area contributed by atoms with Crippen LogP contribution in [0.1, 0.15) is 28.8 Å². The minimum Gasteiger partial charge on any atom is -0.376 e. The Bertz CT molecular complexity index is 813. The number of amides is 1. The number of ether oxygens (including phenoxy) is 1. The first-order valence-corrected chi connectivity index (χ1v) is 10.8. The molecule has 2 aromatic carbocycles. The second-order valence-electron chi connectivity index (χ2n) is 7.79. The van der Waals surface area contributed by atoms with E-state index in [0.29, 0.717) is 12.1 Å². The van der Waals surface area contributed by atoms with Crippen LogP contribution in [0, 0.1) is 0 Å². The number of hydrogen-bond acceptors (Lipinski definition) is 4. The molecule has 4 rings (SSSR count). The third-order valence-corrected chi connectivity index (χ3v) is 5.92. The Morgan fingerprint density at radius 1 is 1.10 bits per heavy atom. The van der Waals surface area contributed by atoms with Gasteiger partial charge in [-0.3, -0.25) is 9.69 Å². The zero-order valence-corrected chi connectivity index (χ0v) is 17.4. The highest BCUT2D eigenvalue weighted by Crippen LogP contribution is 2.21. The number of rotatable bonds is 6. The molecule has 29 heavy (non-hydrogen) atoms. The molecular weight excluding hydrogens is 386 g/mol. The topological polar surface area (TPSA) is 44.8 Å². The average molecular weight is 414 g/mol. The zero-order valence-electron chi connectivity index (χ0n) is 16.6. The minimum absolute atomic E-state index is 0.0258. The van der Waals surface area contributed by atoms with Crippen LogP contribution < -0.4 is 10.2 Å². The summed E-state index contributed by atoms with van der Waals surface area (Å²) in [4.78, 5) is 17.1. The summed E-state index contributed by atoms with van der Waals surface area (Å²) in [5, 5.41) is 3.76. The highest BCUT2D eigenvalue weighted by molar-refractivity contribution is 6.30. The first kappa shape index (κ1) is 20.2. The number of carbonyl (C=O) groups excluding carboxylic acids is 1. The maximum absolute atomic E-state index is 12.3. The Hall–Kier alpha value is -2.08. The SMILES string of the molecule is O=C(NCC1CCCO1)c1ccc(CN2CCN(c3cccc(Cl)c3)CC2)cc1. The van der Waals surface area contributed by atoms with Crippen molar-refractivity contribution in [3.8, 4) is 0 Å². The summed E-state index contributed by atoms with van der Waals surface area (Å²) in [5.41, 5.74) is 3.13. The number of hydrogen-bond donors (Lipinski definition) is 1. The Kier molecular flexibility index (Phi) is 6.70. The molecule has 2 saturated heterocycles. The van der Waals surface area contributed by atoms with Crippen molar-refractivity contribution >= 4 is 23.2 Å². The standard InChI is InChI=1S/C23H28ClN3O2/c24-20-3-1-4-21(15-20)27-12-10-26(11-13-27)17-18-6-8-19(9-7-18)23(28)25-16-22-5-2-14-29-22/h1,3-4,6-9,15,22H,2,5,10-14,16-17H2,(H,25,28). The molecule has 1 unspecified atom stereocenters. The molecule has 0 bridgehead atoms. The van der Waals surface area contributed by atoms with E-state index in [-0.39, 0.29) is 12.0 Å². The summed E-state index contributed by atoms with van der Waals surface area (Å²) in [6.45, 7) is 6.31. The highest BCUT2D eigenvalue weighted by Gasteiger charge is 2.18. The first-order chi connectivity index (χ1) is 14.2. The molecule has 2 heterocycles. The van der Waals surface area contributed by atoms with Crippen LogP contribution >= 0.6 is 11.6 Å². The van der Waals surface area contributed by atoms with Gasteiger partial charge in [-0.15, -0.1) is 0 Å². The van der Waals surface area contributed by atoms with Crippen LogP contribution in [0.4, 0.5) is 5.69 Å². The van der Waals surface area contributed by atoms with E-state index >= 15 is 0 Å². The van der Waals surface area contributed by atoms with Crippen molar-refractivity contribution in [1.82, 2.24) is 10.2 Å². The Morgan fingerprint density at radius 3 is 2.59 bits per heavy atom. The fourth-order valence-corrected chi connectivity index (χ4v) is 4.16. The molecule has 1 amide bonds. The fourth-order valence-electron chi connectivity index (χ4n) is 3.97. The van der Waals surface area contributed by atoms with Crippen LogP contribution in [0.2, 0.25) is 5.02 Å². The van der Waals surface area contributed by atoms with Gasteiger partial charge < -0.3 is 15.0 Å². The molecule has 2 aliphatic heterocycles. The van der Waals surface area contributed by atoms with Gasteiger partial charge in [0.15, 0.2) is 0 Å². The van der Waals surface area contributed by atoms with E-state index in [1.165, 1.54) is 11.3 Å². The number of nitrogens with one attached hydrogen (secondary N) is 1. The summed E-state index contributed by atoms with van der Waals surface area (Å²) < 4.78 is 5.55. The molecule has 5 nitrogen and oxygen atoms in total. The second kappa shape index (κ2) is 9.61. The number of nitrogens with zero attached hydrogens (tertiary/aromatic N) is 2. The maximum Gasteiger partial charge on any atom is 0.251 e. The number of halogens is 1. The van der Waals surface area contributed by atoms with Gasteiger partial charge >= 0.3 is 0 Å². The van der Waals surface area contributed by atoms with Crippen LogP contribution in [0.25, 0.3) is 0 Å². The molecule has 0 spiro atoms. The van der Waals surface area contributed by atoms with Crippen molar-refractivity contribution in [2.24, 2.45) is 0 Å². The van der Waals surface area contributed by atoms with E-state index in [9.17, 15) is 4.79 Å². The summed E-state index contributed by atoms with van der Waals surface area (Å²) in [7, 11) is 0. The van der Waals surface area contributed by atoms with E-state index < -0.39 is 0 Å². The lowest BCUT2D eigenvalue weighted by atomic mass is 10.1. The number of piperazine rings is 1. The molecule has 154 valence electrons. The molecule has 0 saturated carbocycles. The van der Waals surface area contributed by atoms with Crippen LogP contribution in [0.15, 0.2) is 48.5 Å². The van der Waals surface area contributed by atoms with Gasteiger partial charge in [0, 0.05) is 62.1 Å². The highest BCUT2D eigenvalue weighted by atomic mass is 35.5. The molecule has 0 radical (unpaired) electrons. The van der Waals surface area contributed by atoms with Crippen molar-refractivity contribution in [2.45, 2.75) is 25.5 Å². The lowest BCUT2D eigenvalue weighted by molar-refractivity contribution is 0.0858. The Labute approximate surface area is 177 Å². The summed E-state index contributed by atoms with van der Waals surface area (Å²) in [6, 6.07) is 16.0. The predicted octanol–water partition coefficient (Wildman–Crippen LogP) is 3.57. The van der Waals surface area contributed by atoms with E-state index in [1.54, 1.807) is 0 Å². The zero-order chi connectivity index (χ0) is 20.1. The van der Waals surface area contributed by atoms with Crippen molar-refractivity contribution < 1.29 is 9.53 Å². The summed E-state index contributed by atoms with van der Waals surface area (Å²) in [5.74, 6) is -0.0258. The van der Waals surface area contributed by atoms with Gasteiger partial charge in [0.05, 0.1) is 6.10 Å². The van der Waals surface area contributed by atoms with Crippen LogP contribution in [-0.4, -0.2) is 56.2 Å². The average Bonchev–Trinajstić information content (AvgIpc) is 3.27. The van der Waals surface area contributed by atoms with Gasteiger partial charge in [-0.25, -0.2) is 0 Å². The first-order valence-electron chi connectivity index (χ1n) is 10.4. The molecule has 2 fully saturated rings. The molecule has 2 aliphatic rings. The summed E-state index contributed by atoms with van der Waals surface area (Å²) in [6.07, 6.45) is 2.29.